The highest BCUT2D eigenvalue weighted by molar-refractivity contribution is 4.72. The number of ether oxygens (including phenoxy) is 1. The average Bonchev–Trinajstić information content (AvgIpc) is 1.95. The SMILES string of the molecule is CC1CCC(CO)OC1C. The van der Waals surface area contributed by atoms with Gasteiger partial charge in [-0.05, 0) is 25.7 Å². The van der Waals surface area contributed by atoms with Gasteiger partial charge in [0.2, 0.25) is 0 Å². The van der Waals surface area contributed by atoms with Crippen LogP contribution in [0.3, 0.4) is 0 Å². The second-order valence-electron chi connectivity index (χ2n) is 3.20. The Morgan fingerprint density at radius 2 is 2.10 bits per heavy atom. The molecule has 0 saturated carbocycles. The van der Waals surface area contributed by atoms with Crippen LogP contribution in [0, 0.1) is 5.92 Å². The molecule has 1 rings (SSSR count). The predicted molar refractivity (Wildman–Crippen MR) is 39.8 cm³/mol. The van der Waals surface area contributed by atoms with E-state index in [1.165, 1.54) is 6.42 Å². The van der Waals surface area contributed by atoms with E-state index < -0.39 is 0 Å². The Balaban J connectivity index is 2.33. The van der Waals surface area contributed by atoms with Gasteiger partial charge in [-0.15, -0.1) is 0 Å². The Morgan fingerprint density at radius 1 is 1.40 bits per heavy atom. The van der Waals surface area contributed by atoms with E-state index in [9.17, 15) is 0 Å². The highest BCUT2D eigenvalue weighted by atomic mass is 16.5. The third-order valence-electron chi connectivity index (χ3n) is 2.36. The lowest BCUT2D eigenvalue weighted by Crippen LogP contribution is -2.33. The van der Waals surface area contributed by atoms with E-state index in [1.54, 1.807) is 0 Å². The number of aliphatic hydroxyl groups excluding tert-OH is 1. The Labute approximate surface area is 62.2 Å². The molecule has 0 aliphatic carbocycles. The molecule has 1 saturated heterocycles. The summed E-state index contributed by atoms with van der Waals surface area (Å²) in [6.45, 7) is 4.45. The molecule has 2 nitrogen and oxygen atoms in total. The van der Waals surface area contributed by atoms with Crippen LogP contribution in [0.2, 0.25) is 0 Å². The van der Waals surface area contributed by atoms with Crippen molar-refractivity contribution in [1.82, 2.24) is 0 Å². The zero-order valence-electron chi connectivity index (χ0n) is 6.71. The lowest BCUT2D eigenvalue weighted by molar-refractivity contribution is -0.0880. The first kappa shape index (κ1) is 8.02. The normalized spacial score (nSPS) is 41.7. The van der Waals surface area contributed by atoms with Crippen molar-refractivity contribution in [2.24, 2.45) is 5.92 Å². The van der Waals surface area contributed by atoms with Gasteiger partial charge >= 0.3 is 0 Å². The third kappa shape index (κ3) is 1.70. The summed E-state index contributed by atoms with van der Waals surface area (Å²) in [7, 11) is 0. The van der Waals surface area contributed by atoms with Crippen LogP contribution >= 0.6 is 0 Å². The minimum Gasteiger partial charge on any atom is -0.394 e. The van der Waals surface area contributed by atoms with E-state index in [-0.39, 0.29) is 12.7 Å². The largest absolute Gasteiger partial charge is 0.394 e. The van der Waals surface area contributed by atoms with Gasteiger partial charge in [0.05, 0.1) is 18.8 Å². The zero-order chi connectivity index (χ0) is 7.56. The van der Waals surface area contributed by atoms with Gasteiger partial charge in [-0.3, -0.25) is 0 Å². The highest BCUT2D eigenvalue weighted by Crippen LogP contribution is 2.23. The van der Waals surface area contributed by atoms with Crippen molar-refractivity contribution in [2.45, 2.75) is 38.9 Å². The Bertz CT molecular complexity index is 103. The summed E-state index contributed by atoms with van der Waals surface area (Å²) >= 11 is 0. The maximum absolute atomic E-state index is 8.77. The topological polar surface area (TPSA) is 29.5 Å². The zero-order valence-corrected chi connectivity index (χ0v) is 6.71. The van der Waals surface area contributed by atoms with Crippen LogP contribution < -0.4 is 0 Å². The third-order valence-corrected chi connectivity index (χ3v) is 2.36. The van der Waals surface area contributed by atoms with E-state index in [4.69, 9.17) is 9.84 Å². The van der Waals surface area contributed by atoms with Crippen LogP contribution in [0.5, 0.6) is 0 Å². The molecule has 1 fully saturated rings. The molecule has 1 N–H and O–H groups in total. The van der Waals surface area contributed by atoms with Gasteiger partial charge in [-0.25, -0.2) is 0 Å². The second kappa shape index (κ2) is 3.35. The smallest absolute Gasteiger partial charge is 0.0809 e. The minimum absolute atomic E-state index is 0.103. The first-order chi connectivity index (χ1) is 4.74. The van der Waals surface area contributed by atoms with Gasteiger partial charge in [-0.1, -0.05) is 6.92 Å². The standard InChI is InChI=1S/C8H16O2/c1-6-3-4-8(5-9)10-7(6)2/h6-9H,3-5H2,1-2H3. The molecule has 10 heavy (non-hydrogen) atoms. The minimum atomic E-state index is 0.103. The predicted octanol–water partition coefficient (Wildman–Crippen LogP) is 1.18. The van der Waals surface area contributed by atoms with Gasteiger partial charge in [0.15, 0.2) is 0 Å². The van der Waals surface area contributed by atoms with Crippen LogP contribution in [0.4, 0.5) is 0 Å². The number of aliphatic hydroxyl groups is 1. The summed E-state index contributed by atoms with van der Waals surface area (Å²) in [5.74, 6) is 0.655. The van der Waals surface area contributed by atoms with Crippen molar-refractivity contribution >= 4 is 0 Å². The molecule has 0 aromatic rings. The van der Waals surface area contributed by atoms with Crippen LogP contribution in [0.1, 0.15) is 26.7 Å². The molecule has 2 heteroatoms. The van der Waals surface area contributed by atoms with Crippen molar-refractivity contribution in [2.75, 3.05) is 6.61 Å². The average molecular weight is 144 g/mol. The number of hydrogen-bond donors (Lipinski definition) is 1. The Kier molecular flexibility index (Phi) is 2.69. The Morgan fingerprint density at radius 3 is 2.60 bits per heavy atom. The molecule has 0 amide bonds. The summed E-state index contributed by atoms with van der Waals surface area (Å²) in [5, 5.41) is 8.77. The summed E-state index contributed by atoms with van der Waals surface area (Å²) in [6, 6.07) is 0. The molecule has 0 radical (unpaired) electrons. The summed E-state index contributed by atoms with van der Waals surface area (Å²) < 4.78 is 5.50. The summed E-state index contributed by atoms with van der Waals surface area (Å²) in [6.07, 6.45) is 2.63. The molecule has 0 aromatic heterocycles. The van der Waals surface area contributed by atoms with Crippen LogP contribution in [0.25, 0.3) is 0 Å². The highest BCUT2D eigenvalue weighted by Gasteiger charge is 2.23. The second-order valence-corrected chi connectivity index (χ2v) is 3.20. The van der Waals surface area contributed by atoms with Gasteiger partial charge in [0.25, 0.3) is 0 Å². The molecule has 3 unspecified atom stereocenters. The first-order valence-electron chi connectivity index (χ1n) is 4.00. The maximum Gasteiger partial charge on any atom is 0.0809 e. The lowest BCUT2D eigenvalue weighted by atomic mass is 9.95. The van der Waals surface area contributed by atoms with Gasteiger partial charge in [-0.2, -0.15) is 0 Å². The number of rotatable bonds is 1. The van der Waals surface area contributed by atoms with Crippen LogP contribution in [-0.4, -0.2) is 23.9 Å². The molecule has 0 aromatic carbocycles. The lowest BCUT2D eigenvalue weighted by Gasteiger charge is -2.31. The van der Waals surface area contributed by atoms with Crippen molar-refractivity contribution in [3.8, 4) is 0 Å². The molecular weight excluding hydrogens is 128 g/mol. The molecule has 3 atom stereocenters. The van der Waals surface area contributed by atoms with Gasteiger partial charge in [0, 0.05) is 0 Å². The van der Waals surface area contributed by atoms with Gasteiger partial charge in [0.1, 0.15) is 0 Å². The van der Waals surface area contributed by atoms with Crippen molar-refractivity contribution in [3.05, 3.63) is 0 Å². The molecular formula is C8H16O2. The van der Waals surface area contributed by atoms with E-state index in [0.29, 0.717) is 12.0 Å². The summed E-state index contributed by atoms with van der Waals surface area (Å²) in [5.41, 5.74) is 0. The molecule has 1 aliphatic heterocycles. The first-order valence-corrected chi connectivity index (χ1v) is 4.00. The van der Waals surface area contributed by atoms with E-state index >= 15 is 0 Å². The van der Waals surface area contributed by atoms with Crippen molar-refractivity contribution in [1.29, 1.82) is 0 Å². The van der Waals surface area contributed by atoms with Gasteiger partial charge < -0.3 is 9.84 Å². The molecule has 0 spiro atoms. The fourth-order valence-electron chi connectivity index (χ4n) is 1.32. The van der Waals surface area contributed by atoms with E-state index in [1.807, 2.05) is 0 Å². The monoisotopic (exact) mass is 144 g/mol. The quantitative estimate of drug-likeness (QED) is 0.599. The fourth-order valence-corrected chi connectivity index (χ4v) is 1.32. The number of hydrogen-bond acceptors (Lipinski definition) is 2. The van der Waals surface area contributed by atoms with E-state index in [0.717, 1.165) is 6.42 Å². The summed E-state index contributed by atoms with van der Waals surface area (Å²) in [4.78, 5) is 0. The fraction of sp³-hybridized carbons (Fsp3) is 1.00. The van der Waals surface area contributed by atoms with E-state index in [2.05, 4.69) is 13.8 Å². The van der Waals surface area contributed by atoms with Crippen LogP contribution in [0.15, 0.2) is 0 Å². The molecule has 1 aliphatic rings. The van der Waals surface area contributed by atoms with Crippen molar-refractivity contribution in [3.63, 3.8) is 0 Å². The Hall–Kier alpha value is -0.0800. The molecule has 60 valence electrons. The molecule has 0 bridgehead atoms. The van der Waals surface area contributed by atoms with Crippen molar-refractivity contribution < 1.29 is 9.84 Å². The molecule has 1 heterocycles. The maximum atomic E-state index is 8.77. The van der Waals surface area contributed by atoms with Crippen LogP contribution in [-0.2, 0) is 4.74 Å².